The van der Waals surface area contributed by atoms with E-state index in [2.05, 4.69) is 35.7 Å². The molecule has 1 aliphatic rings. The van der Waals surface area contributed by atoms with E-state index in [4.69, 9.17) is 29.3 Å². The average molecular weight is 456 g/mol. The Morgan fingerprint density at radius 2 is 1.73 bits per heavy atom. The second-order valence-electron chi connectivity index (χ2n) is 7.92. The second-order valence-corrected chi connectivity index (χ2v) is 7.92. The van der Waals surface area contributed by atoms with Crippen LogP contribution in [-0.2, 0) is 16.1 Å². The van der Waals surface area contributed by atoms with Crippen molar-refractivity contribution in [3.63, 3.8) is 0 Å². The first-order valence-corrected chi connectivity index (χ1v) is 11.2. The molecule has 0 saturated carbocycles. The van der Waals surface area contributed by atoms with Crippen molar-refractivity contribution in [3.8, 4) is 11.5 Å². The fraction of sp³-hybridized carbons (Fsp3) is 0.385. The number of rotatable bonds is 9. The molecule has 2 aromatic rings. The third kappa shape index (κ3) is 9.78. The summed E-state index contributed by atoms with van der Waals surface area (Å²) in [6, 6.07) is 16.8. The lowest BCUT2D eigenvalue weighted by molar-refractivity contribution is -0.159. The number of hydrogen-bond donors (Lipinski definition) is 3. The third-order valence-corrected chi connectivity index (χ3v) is 4.85. The molecule has 3 rings (SSSR count). The number of benzene rings is 2. The van der Waals surface area contributed by atoms with Crippen LogP contribution in [0.2, 0.25) is 0 Å². The fourth-order valence-corrected chi connectivity index (χ4v) is 3.37. The van der Waals surface area contributed by atoms with E-state index in [-0.39, 0.29) is 6.10 Å². The van der Waals surface area contributed by atoms with Crippen molar-refractivity contribution in [1.82, 2.24) is 5.32 Å². The predicted molar refractivity (Wildman–Crippen MR) is 128 cm³/mol. The summed E-state index contributed by atoms with van der Waals surface area (Å²) in [5, 5.41) is 18.3. The van der Waals surface area contributed by atoms with E-state index < -0.39 is 11.9 Å². The summed E-state index contributed by atoms with van der Waals surface area (Å²) in [6.07, 6.45) is 7.61. The number of carboxylic acid groups (broad SMARTS) is 2. The topological polar surface area (TPSA) is 105 Å². The summed E-state index contributed by atoms with van der Waals surface area (Å²) in [6.45, 7) is 6.31. The van der Waals surface area contributed by atoms with Gasteiger partial charge < -0.3 is 25.0 Å². The van der Waals surface area contributed by atoms with E-state index in [1.807, 2.05) is 38.1 Å². The van der Waals surface area contributed by atoms with Gasteiger partial charge >= 0.3 is 11.9 Å². The number of aliphatic carboxylic acids is 2. The summed E-state index contributed by atoms with van der Waals surface area (Å²) < 4.78 is 11.7. The van der Waals surface area contributed by atoms with Crippen molar-refractivity contribution >= 4 is 17.5 Å². The molecule has 0 atom stereocenters. The molecule has 0 fully saturated rings. The van der Waals surface area contributed by atoms with Crippen LogP contribution >= 0.6 is 0 Å². The van der Waals surface area contributed by atoms with E-state index in [9.17, 15) is 0 Å². The lowest BCUT2D eigenvalue weighted by atomic mass is 9.93. The Kier molecular flexibility index (Phi) is 11.0. The molecule has 0 radical (unpaired) electrons. The van der Waals surface area contributed by atoms with Crippen LogP contribution in [0.1, 0.15) is 50.7 Å². The van der Waals surface area contributed by atoms with Crippen LogP contribution in [-0.4, -0.2) is 41.4 Å². The zero-order valence-electron chi connectivity index (χ0n) is 19.3. The standard InChI is InChI=1S/C24H31NO2.C2H2O4/c1-19(2)27-24-14-7-6-13-23(24)26-16-15-25-18-20-9-8-12-22(17-20)21-10-4-3-5-11-21;3-1(4)2(5)6/h6-10,12-14,17,19,25H,3-5,11,15-16,18H2,1-2H3;(H,3,4)(H,5,6). The zero-order valence-corrected chi connectivity index (χ0v) is 19.3. The molecule has 7 heteroatoms. The molecule has 0 aliphatic heterocycles. The maximum Gasteiger partial charge on any atom is 0.414 e. The van der Waals surface area contributed by atoms with Crippen LogP contribution in [0.4, 0.5) is 0 Å². The SMILES string of the molecule is CC(C)Oc1ccccc1OCCNCc1cccc(C2=CCCCC2)c1.O=C(O)C(=O)O. The van der Waals surface area contributed by atoms with Gasteiger partial charge in [0.25, 0.3) is 0 Å². The number of carbonyl (C=O) groups is 2. The highest BCUT2D eigenvalue weighted by Crippen LogP contribution is 2.28. The van der Waals surface area contributed by atoms with E-state index in [1.54, 1.807) is 0 Å². The molecule has 0 unspecified atom stereocenters. The van der Waals surface area contributed by atoms with Gasteiger partial charge in [0.2, 0.25) is 0 Å². The summed E-state index contributed by atoms with van der Waals surface area (Å²) in [5.41, 5.74) is 4.21. The molecule has 0 amide bonds. The van der Waals surface area contributed by atoms with Gasteiger partial charge in [0.15, 0.2) is 11.5 Å². The lowest BCUT2D eigenvalue weighted by Gasteiger charge is -2.15. The molecule has 0 saturated heterocycles. The maximum atomic E-state index is 9.10. The predicted octanol–water partition coefficient (Wildman–Crippen LogP) is 4.76. The normalized spacial score (nSPS) is 12.9. The molecule has 178 valence electrons. The van der Waals surface area contributed by atoms with Crippen LogP contribution < -0.4 is 14.8 Å². The molecule has 0 spiro atoms. The second kappa shape index (κ2) is 14.0. The van der Waals surface area contributed by atoms with Gasteiger partial charge in [-0.3, -0.25) is 0 Å². The van der Waals surface area contributed by atoms with Crippen molar-refractivity contribution in [2.45, 2.75) is 52.2 Å². The fourth-order valence-electron chi connectivity index (χ4n) is 3.37. The molecule has 2 aromatic carbocycles. The van der Waals surface area contributed by atoms with E-state index >= 15 is 0 Å². The number of hydrogen-bond acceptors (Lipinski definition) is 5. The molecule has 33 heavy (non-hydrogen) atoms. The van der Waals surface area contributed by atoms with Gasteiger partial charge in [0.1, 0.15) is 6.61 Å². The molecule has 3 N–H and O–H groups in total. The number of carboxylic acids is 2. The van der Waals surface area contributed by atoms with Gasteiger partial charge in [-0.15, -0.1) is 0 Å². The van der Waals surface area contributed by atoms with Crippen LogP contribution in [0, 0.1) is 0 Å². The highest BCUT2D eigenvalue weighted by atomic mass is 16.5. The molecule has 1 aliphatic carbocycles. The first-order valence-electron chi connectivity index (χ1n) is 11.2. The molecular weight excluding hydrogens is 422 g/mol. The van der Waals surface area contributed by atoms with Crippen LogP contribution in [0.3, 0.4) is 0 Å². The van der Waals surface area contributed by atoms with Crippen molar-refractivity contribution < 1.29 is 29.3 Å². The Morgan fingerprint density at radius 1 is 1.00 bits per heavy atom. The van der Waals surface area contributed by atoms with Gasteiger partial charge in [-0.2, -0.15) is 0 Å². The molecule has 0 bridgehead atoms. The van der Waals surface area contributed by atoms with Gasteiger partial charge in [-0.1, -0.05) is 42.5 Å². The molecule has 0 heterocycles. The maximum absolute atomic E-state index is 9.10. The van der Waals surface area contributed by atoms with E-state index in [0.29, 0.717) is 6.61 Å². The van der Waals surface area contributed by atoms with Crippen molar-refractivity contribution in [1.29, 1.82) is 0 Å². The highest BCUT2D eigenvalue weighted by Gasteiger charge is 2.08. The zero-order chi connectivity index (χ0) is 24.1. The Bertz CT molecular complexity index is 926. The largest absolute Gasteiger partial charge is 0.488 e. The number of ether oxygens (including phenoxy) is 2. The summed E-state index contributed by atoms with van der Waals surface area (Å²) in [5.74, 6) is -2.04. The minimum Gasteiger partial charge on any atom is -0.488 e. The average Bonchev–Trinajstić information content (AvgIpc) is 2.81. The van der Waals surface area contributed by atoms with Gasteiger partial charge in [0.05, 0.1) is 6.10 Å². The van der Waals surface area contributed by atoms with Crippen LogP contribution in [0.25, 0.3) is 5.57 Å². The van der Waals surface area contributed by atoms with E-state index in [0.717, 1.165) is 24.6 Å². The third-order valence-electron chi connectivity index (χ3n) is 4.85. The lowest BCUT2D eigenvalue weighted by Crippen LogP contribution is -2.21. The minimum atomic E-state index is -1.82. The smallest absolute Gasteiger partial charge is 0.414 e. The number of para-hydroxylation sites is 2. The summed E-state index contributed by atoms with van der Waals surface area (Å²) in [4.78, 5) is 18.2. The Morgan fingerprint density at radius 3 is 2.36 bits per heavy atom. The van der Waals surface area contributed by atoms with E-state index in [1.165, 1.54) is 42.4 Å². The van der Waals surface area contributed by atoms with Gasteiger partial charge in [-0.05, 0) is 68.4 Å². The number of nitrogens with one attached hydrogen (secondary N) is 1. The highest BCUT2D eigenvalue weighted by molar-refractivity contribution is 6.27. The number of allylic oxidation sites excluding steroid dienone is 2. The monoisotopic (exact) mass is 455 g/mol. The van der Waals surface area contributed by atoms with Crippen molar-refractivity contribution in [2.24, 2.45) is 0 Å². The van der Waals surface area contributed by atoms with Crippen LogP contribution in [0.15, 0.2) is 54.6 Å². The quantitative estimate of drug-likeness (QED) is 0.370. The first-order chi connectivity index (χ1) is 15.9. The van der Waals surface area contributed by atoms with Gasteiger partial charge in [-0.25, -0.2) is 9.59 Å². The first kappa shape index (κ1) is 25.9. The van der Waals surface area contributed by atoms with Crippen LogP contribution in [0.5, 0.6) is 11.5 Å². The Labute approximate surface area is 195 Å². The van der Waals surface area contributed by atoms with Crippen molar-refractivity contribution in [3.05, 3.63) is 65.7 Å². The summed E-state index contributed by atoms with van der Waals surface area (Å²) in [7, 11) is 0. The minimum absolute atomic E-state index is 0.138. The molecule has 7 nitrogen and oxygen atoms in total. The Balaban J connectivity index is 0.000000569. The van der Waals surface area contributed by atoms with Crippen molar-refractivity contribution in [2.75, 3.05) is 13.2 Å². The Hall–Kier alpha value is -3.32. The molecule has 0 aromatic heterocycles. The molecular formula is C26H33NO6. The van der Waals surface area contributed by atoms with Gasteiger partial charge in [0, 0.05) is 13.1 Å². The summed E-state index contributed by atoms with van der Waals surface area (Å²) >= 11 is 0.